The SMILES string of the molecule is CN(C=O)C1CCC(c2ccc(Cl)c(Cl)c2)c2ccc(O)cc21. The number of phenols is 1. The average molecular weight is 350 g/mol. The Balaban J connectivity index is 2.07. The third-order valence-corrected chi connectivity index (χ3v) is 5.28. The Morgan fingerprint density at radius 2 is 1.87 bits per heavy atom. The molecule has 120 valence electrons. The van der Waals surface area contributed by atoms with Crippen molar-refractivity contribution < 1.29 is 9.90 Å². The van der Waals surface area contributed by atoms with Crippen molar-refractivity contribution >= 4 is 29.6 Å². The summed E-state index contributed by atoms with van der Waals surface area (Å²) in [7, 11) is 1.77. The molecule has 0 radical (unpaired) electrons. The van der Waals surface area contributed by atoms with Gasteiger partial charge in [-0.1, -0.05) is 35.3 Å². The standard InChI is InChI=1S/C18H17Cl2NO2/c1-21(10-22)18-7-5-13(11-2-6-16(19)17(20)8-11)14-4-3-12(23)9-15(14)18/h2-4,6,8-10,13,18,23H,5,7H2,1H3. The minimum absolute atomic E-state index is 0.0198. The highest BCUT2D eigenvalue weighted by atomic mass is 35.5. The predicted octanol–water partition coefficient (Wildman–Crippen LogP) is 4.75. The number of nitrogens with zero attached hydrogens (tertiary/aromatic N) is 1. The molecule has 0 heterocycles. The van der Waals surface area contributed by atoms with Gasteiger partial charge in [0.1, 0.15) is 5.75 Å². The van der Waals surface area contributed by atoms with Crippen LogP contribution in [-0.4, -0.2) is 23.5 Å². The summed E-state index contributed by atoms with van der Waals surface area (Å²) in [5.41, 5.74) is 3.20. The molecule has 0 aliphatic heterocycles. The summed E-state index contributed by atoms with van der Waals surface area (Å²) in [6.45, 7) is 0. The number of benzene rings is 2. The van der Waals surface area contributed by atoms with Crippen LogP contribution in [0.2, 0.25) is 10.0 Å². The zero-order valence-corrected chi connectivity index (χ0v) is 14.2. The van der Waals surface area contributed by atoms with Crippen LogP contribution >= 0.6 is 23.2 Å². The first-order chi connectivity index (χ1) is 11.0. The van der Waals surface area contributed by atoms with Gasteiger partial charge < -0.3 is 10.0 Å². The van der Waals surface area contributed by atoms with Crippen molar-refractivity contribution in [2.75, 3.05) is 7.05 Å². The molecule has 1 amide bonds. The third-order valence-electron chi connectivity index (χ3n) is 4.54. The maximum absolute atomic E-state index is 11.2. The van der Waals surface area contributed by atoms with E-state index in [2.05, 4.69) is 0 Å². The van der Waals surface area contributed by atoms with Gasteiger partial charge in [-0.25, -0.2) is 0 Å². The second-order valence-electron chi connectivity index (χ2n) is 5.90. The van der Waals surface area contributed by atoms with E-state index in [0.717, 1.165) is 35.9 Å². The van der Waals surface area contributed by atoms with Gasteiger partial charge in [0, 0.05) is 13.0 Å². The fourth-order valence-electron chi connectivity index (χ4n) is 3.38. The normalized spacial score (nSPS) is 20.0. The molecule has 0 spiro atoms. The summed E-state index contributed by atoms with van der Waals surface area (Å²) in [6, 6.07) is 11.0. The number of hydrogen-bond acceptors (Lipinski definition) is 2. The molecule has 1 N–H and O–H groups in total. The Kier molecular flexibility index (Phi) is 4.51. The van der Waals surface area contributed by atoms with Crippen LogP contribution in [0.5, 0.6) is 5.75 Å². The fourth-order valence-corrected chi connectivity index (χ4v) is 3.68. The van der Waals surface area contributed by atoms with Crippen LogP contribution < -0.4 is 0 Å². The molecule has 3 nitrogen and oxygen atoms in total. The Morgan fingerprint density at radius 3 is 2.57 bits per heavy atom. The lowest BCUT2D eigenvalue weighted by Crippen LogP contribution is -2.28. The third kappa shape index (κ3) is 3.04. The van der Waals surface area contributed by atoms with Crippen molar-refractivity contribution in [1.82, 2.24) is 4.90 Å². The Morgan fingerprint density at radius 1 is 1.09 bits per heavy atom. The van der Waals surface area contributed by atoms with Gasteiger partial charge in [0.05, 0.1) is 16.1 Å². The van der Waals surface area contributed by atoms with Gasteiger partial charge in [-0.3, -0.25) is 4.79 Å². The average Bonchev–Trinajstić information content (AvgIpc) is 2.55. The highest BCUT2D eigenvalue weighted by Crippen LogP contribution is 2.44. The van der Waals surface area contributed by atoms with E-state index in [1.165, 1.54) is 0 Å². The maximum atomic E-state index is 11.2. The van der Waals surface area contributed by atoms with E-state index in [-0.39, 0.29) is 17.7 Å². The summed E-state index contributed by atoms with van der Waals surface area (Å²) in [5, 5.41) is 10.9. The molecule has 1 aliphatic carbocycles. The van der Waals surface area contributed by atoms with Gasteiger partial charge in [0.25, 0.3) is 0 Å². The van der Waals surface area contributed by atoms with E-state index in [9.17, 15) is 9.90 Å². The van der Waals surface area contributed by atoms with Crippen LogP contribution in [0.3, 0.4) is 0 Å². The molecule has 2 unspecified atom stereocenters. The summed E-state index contributed by atoms with van der Waals surface area (Å²) in [5.74, 6) is 0.388. The van der Waals surface area contributed by atoms with E-state index in [1.54, 1.807) is 24.1 Å². The van der Waals surface area contributed by atoms with E-state index >= 15 is 0 Å². The Bertz CT molecular complexity index is 748. The molecular weight excluding hydrogens is 333 g/mol. The monoisotopic (exact) mass is 349 g/mol. The second-order valence-corrected chi connectivity index (χ2v) is 6.72. The van der Waals surface area contributed by atoms with Crippen LogP contribution in [0.15, 0.2) is 36.4 Å². The maximum Gasteiger partial charge on any atom is 0.209 e. The van der Waals surface area contributed by atoms with Crippen LogP contribution in [-0.2, 0) is 4.79 Å². The van der Waals surface area contributed by atoms with E-state index in [1.807, 2.05) is 24.3 Å². The lowest BCUT2D eigenvalue weighted by Gasteiger charge is -2.35. The zero-order chi connectivity index (χ0) is 16.6. The van der Waals surface area contributed by atoms with E-state index in [0.29, 0.717) is 10.0 Å². The second kappa shape index (κ2) is 6.42. The molecule has 1 aliphatic rings. The summed E-state index contributed by atoms with van der Waals surface area (Å²) >= 11 is 12.2. The zero-order valence-electron chi connectivity index (χ0n) is 12.7. The lowest BCUT2D eigenvalue weighted by atomic mass is 9.76. The van der Waals surface area contributed by atoms with Crippen molar-refractivity contribution in [2.24, 2.45) is 0 Å². The van der Waals surface area contributed by atoms with E-state index < -0.39 is 0 Å². The number of halogens is 2. The van der Waals surface area contributed by atoms with Gasteiger partial charge in [-0.05, 0) is 53.8 Å². The number of amides is 1. The van der Waals surface area contributed by atoms with E-state index in [4.69, 9.17) is 23.2 Å². The number of aromatic hydroxyl groups is 1. The number of carbonyl (C=O) groups excluding carboxylic acids is 1. The minimum Gasteiger partial charge on any atom is -0.508 e. The number of fused-ring (bicyclic) bond motifs is 1. The van der Waals surface area contributed by atoms with Crippen LogP contribution in [0.25, 0.3) is 0 Å². The Labute approximate surface area is 145 Å². The highest BCUT2D eigenvalue weighted by Gasteiger charge is 2.30. The summed E-state index contributed by atoms with van der Waals surface area (Å²) < 4.78 is 0. The largest absolute Gasteiger partial charge is 0.508 e. The first-order valence-electron chi connectivity index (χ1n) is 7.46. The molecule has 23 heavy (non-hydrogen) atoms. The van der Waals surface area contributed by atoms with Crippen molar-refractivity contribution in [3.63, 3.8) is 0 Å². The van der Waals surface area contributed by atoms with Gasteiger partial charge in [0.15, 0.2) is 0 Å². The minimum atomic E-state index is -0.0198. The van der Waals surface area contributed by atoms with Crippen molar-refractivity contribution in [2.45, 2.75) is 24.8 Å². The van der Waals surface area contributed by atoms with Crippen LogP contribution in [0.1, 0.15) is 41.5 Å². The van der Waals surface area contributed by atoms with Crippen molar-refractivity contribution in [1.29, 1.82) is 0 Å². The fraction of sp³-hybridized carbons (Fsp3) is 0.278. The first kappa shape index (κ1) is 16.2. The molecule has 2 atom stereocenters. The molecular formula is C18H17Cl2NO2. The molecule has 5 heteroatoms. The lowest BCUT2D eigenvalue weighted by molar-refractivity contribution is -0.119. The predicted molar refractivity (Wildman–Crippen MR) is 92.2 cm³/mol. The molecule has 0 fully saturated rings. The number of hydrogen-bond donors (Lipinski definition) is 1. The van der Waals surface area contributed by atoms with Crippen molar-refractivity contribution in [3.05, 3.63) is 63.1 Å². The van der Waals surface area contributed by atoms with Crippen LogP contribution in [0.4, 0.5) is 0 Å². The highest BCUT2D eigenvalue weighted by molar-refractivity contribution is 6.42. The van der Waals surface area contributed by atoms with Crippen LogP contribution in [0, 0.1) is 0 Å². The smallest absolute Gasteiger partial charge is 0.209 e. The summed E-state index contributed by atoms with van der Waals surface area (Å²) in [6.07, 6.45) is 2.56. The number of carbonyl (C=O) groups is 1. The molecule has 3 rings (SSSR count). The quantitative estimate of drug-likeness (QED) is 0.812. The van der Waals surface area contributed by atoms with Crippen molar-refractivity contribution in [3.8, 4) is 5.75 Å². The van der Waals surface area contributed by atoms with Gasteiger partial charge in [0.2, 0.25) is 6.41 Å². The summed E-state index contributed by atoms with van der Waals surface area (Å²) in [4.78, 5) is 12.8. The van der Waals surface area contributed by atoms with Gasteiger partial charge in [-0.15, -0.1) is 0 Å². The Hall–Kier alpha value is -1.71. The topological polar surface area (TPSA) is 40.5 Å². The number of rotatable bonds is 3. The molecule has 0 bridgehead atoms. The molecule has 0 saturated carbocycles. The first-order valence-corrected chi connectivity index (χ1v) is 8.22. The van der Waals surface area contributed by atoms with Gasteiger partial charge in [-0.2, -0.15) is 0 Å². The molecule has 2 aromatic rings. The molecule has 2 aromatic carbocycles. The van der Waals surface area contributed by atoms with Gasteiger partial charge >= 0.3 is 0 Å². The number of phenolic OH excluding ortho intramolecular Hbond substituents is 1. The molecule has 0 saturated heterocycles. The molecule has 0 aromatic heterocycles.